The van der Waals surface area contributed by atoms with Gasteiger partial charge in [0.1, 0.15) is 18.1 Å². The van der Waals surface area contributed by atoms with Crippen LogP contribution in [-0.4, -0.2) is 47.9 Å². The third-order valence-electron chi connectivity index (χ3n) is 4.94. The highest BCUT2D eigenvalue weighted by atomic mass is 32.2. The lowest BCUT2D eigenvalue weighted by Gasteiger charge is -2.24. The summed E-state index contributed by atoms with van der Waals surface area (Å²) in [7, 11) is -1.38. The van der Waals surface area contributed by atoms with E-state index in [4.69, 9.17) is 14.2 Å². The van der Waals surface area contributed by atoms with Crippen LogP contribution in [0, 0.1) is 5.82 Å². The molecule has 3 rings (SSSR count). The van der Waals surface area contributed by atoms with Crippen molar-refractivity contribution in [2.75, 3.05) is 31.7 Å². The highest BCUT2D eigenvalue weighted by Gasteiger charge is 2.28. The Kier molecular flexibility index (Phi) is 8.85. The Morgan fingerprint density at radius 3 is 2.28 bits per heavy atom. The van der Waals surface area contributed by atoms with E-state index in [1.54, 1.807) is 24.3 Å². The van der Waals surface area contributed by atoms with Gasteiger partial charge < -0.3 is 14.2 Å². The van der Waals surface area contributed by atoms with Gasteiger partial charge in [-0.2, -0.15) is 5.10 Å². The molecule has 0 aliphatic carbocycles. The summed E-state index contributed by atoms with van der Waals surface area (Å²) in [5.41, 5.74) is 3.10. The molecule has 11 heteroatoms. The first-order chi connectivity index (χ1) is 17.3. The molecule has 0 saturated heterocycles. The second-order valence-corrected chi connectivity index (χ2v) is 9.16. The average Bonchev–Trinajstić information content (AvgIpc) is 2.88. The van der Waals surface area contributed by atoms with E-state index in [1.165, 1.54) is 62.9 Å². The van der Waals surface area contributed by atoms with Gasteiger partial charge in [0.25, 0.3) is 15.9 Å². The molecule has 0 unspecified atom stereocenters. The van der Waals surface area contributed by atoms with Crippen LogP contribution in [0.1, 0.15) is 12.5 Å². The molecule has 0 aliphatic heterocycles. The number of halogens is 1. The first-order valence-electron chi connectivity index (χ1n) is 10.8. The minimum absolute atomic E-state index is 0.100. The Labute approximate surface area is 209 Å². The van der Waals surface area contributed by atoms with Crippen molar-refractivity contribution < 1.29 is 31.8 Å². The normalized spacial score (nSPS) is 11.2. The maximum atomic E-state index is 13.6. The fraction of sp³-hybridized carbons (Fsp3) is 0.200. The van der Waals surface area contributed by atoms with E-state index < -0.39 is 28.3 Å². The van der Waals surface area contributed by atoms with Crippen LogP contribution in [0.3, 0.4) is 0 Å². The number of nitrogens with one attached hydrogen (secondary N) is 1. The van der Waals surface area contributed by atoms with Crippen LogP contribution in [0.25, 0.3) is 0 Å². The number of carbonyl (C=O) groups excluding carboxylic acids is 1. The third-order valence-corrected chi connectivity index (χ3v) is 6.71. The molecule has 0 aromatic heterocycles. The molecule has 0 bridgehead atoms. The van der Waals surface area contributed by atoms with Crippen molar-refractivity contribution in [1.82, 2.24) is 5.43 Å². The molecule has 0 radical (unpaired) electrons. The minimum Gasteiger partial charge on any atom is -0.494 e. The Hall–Kier alpha value is -4.12. The van der Waals surface area contributed by atoms with Crippen LogP contribution in [0.15, 0.2) is 76.7 Å². The van der Waals surface area contributed by atoms with Crippen molar-refractivity contribution in [2.45, 2.75) is 11.8 Å². The smallest absolute Gasteiger partial charge is 0.264 e. The summed E-state index contributed by atoms with van der Waals surface area (Å²) in [6.07, 6.45) is 1.32. The first kappa shape index (κ1) is 26.5. The second kappa shape index (κ2) is 12.0. The lowest BCUT2D eigenvalue weighted by atomic mass is 10.2. The van der Waals surface area contributed by atoms with Crippen molar-refractivity contribution in [1.29, 1.82) is 0 Å². The zero-order valence-corrected chi connectivity index (χ0v) is 20.8. The Bertz CT molecular complexity index is 1310. The molecule has 3 aromatic carbocycles. The number of carbonyl (C=O) groups is 1. The van der Waals surface area contributed by atoms with Crippen LogP contribution in [-0.2, 0) is 14.8 Å². The number of methoxy groups -OCH3 is 2. The maximum absolute atomic E-state index is 13.6. The molecule has 1 N–H and O–H groups in total. The summed E-state index contributed by atoms with van der Waals surface area (Å²) in [5.74, 6) is 0.0439. The summed E-state index contributed by atoms with van der Waals surface area (Å²) in [6.45, 7) is 1.71. The number of ether oxygens (including phenoxy) is 3. The number of nitrogens with zero attached hydrogens (tertiary/aromatic N) is 2. The zero-order chi connectivity index (χ0) is 26.1. The highest BCUT2D eigenvalue weighted by Crippen LogP contribution is 2.32. The number of benzene rings is 3. The molecule has 0 atom stereocenters. The third kappa shape index (κ3) is 6.51. The van der Waals surface area contributed by atoms with Gasteiger partial charge in [0, 0.05) is 6.07 Å². The monoisotopic (exact) mass is 515 g/mol. The number of amides is 1. The first-order valence-corrected chi connectivity index (χ1v) is 12.3. The molecule has 190 valence electrons. The predicted octanol–water partition coefficient (Wildman–Crippen LogP) is 3.59. The van der Waals surface area contributed by atoms with E-state index in [0.717, 1.165) is 4.31 Å². The molecule has 0 spiro atoms. The fourth-order valence-corrected chi connectivity index (χ4v) is 4.62. The van der Waals surface area contributed by atoms with Gasteiger partial charge in [-0.15, -0.1) is 0 Å². The van der Waals surface area contributed by atoms with Crippen molar-refractivity contribution in [3.05, 3.63) is 78.1 Å². The molecule has 0 aliphatic rings. The van der Waals surface area contributed by atoms with E-state index in [-0.39, 0.29) is 16.3 Å². The maximum Gasteiger partial charge on any atom is 0.264 e. The highest BCUT2D eigenvalue weighted by molar-refractivity contribution is 7.92. The summed E-state index contributed by atoms with van der Waals surface area (Å²) < 4.78 is 57.1. The fourth-order valence-electron chi connectivity index (χ4n) is 3.19. The molecule has 3 aromatic rings. The topological polar surface area (TPSA) is 107 Å². The SMILES string of the molecule is CCOc1ccc(N(CC(=O)N/N=C\c2ccc(F)cc2)S(=O)(=O)c2ccc(OC)c(OC)c2)cc1. The van der Waals surface area contributed by atoms with Gasteiger partial charge >= 0.3 is 0 Å². The number of hydrazone groups is 1. The van der Waals surface area contributed by atoms with E-state index in [2.05, 4.69) is 10.5 Å². The van der Waals surface area contributed by atoms with Crippen LogP contribution in [0.2, 0.25) is 0 Å². The largest absolute Gasteiger partial charge is 0.494 e. The minimum atomic E-state index is -4.21. The number of sulfonamides is 1. The predicted molar refractivity (Wildman–Crippen MR) is 134 cm³/mol. The quantitative estimate of drug-likeness (QED) is 0.309. The molecular formula is C25H26FN3O6S. The zero-order valence-electron chi connectivity index (χ0n) is 20.0. The lowest BCUT2D eigenvalue weighted by Crippen LogP contribution is -2.39. The summed E-state index contributed by atoms with van der Waals surface area (Å²) >= 11 is 0. The molecule has 0 saturated carbocycles. The van der Waals surface area contributed by atoms with Crippen molar-refractivity contribution in [3.63, 3.8) is 0 Å². The molecule has 0 heterocycles. The average molecular weight is 516 g/mol. The van der Waals surface area contributed by atoms with Gasteiger partial charge in [-0.25, -0.2) is 18.2 Å². The van der Waals surface area contributed by atoms with Crippen molar-refractivity contribution >= 4 is 27.8 Å². The van der Waals surface area contributed by atoms with E-state index in [1.807, 2.05) is 6.92 Å². The molecule has 9 nitrogen and oxygen atoms in total. The number of anilines is 1. The van der Waals surface area contributed by atoms with Crippen LogP contribution in [0.4, 0.5) is 10.1 Å². The molecular weight excluding hydrogens is 489 g/mol. The summed E-state index contributed by atoms with van der Waals surface area (Å²) in [6, 6.07) is 15.9. The second-order valence-electron chi connectivity index (χ2n) is 7.30. The molecule has 0 fully saturated rings. The summed E-state index contributed by atoms with van der Waals surface area (Å²) in [4.78, 5) is 12.6. The Balaban J connectivity index is 1.90. The van der Waals surface area contributed by atoms with E-state index in [9.17, 15) is 17.6 Å². The number of hydrogen-bond donors (Lipinski definition) is 1. The van der Waals surface area contributed by atoms with Gasteiger partial charge in [0.15, 0.2) is 11.5 Å². The summed E-state index contributed by atoms with van der Waals surface area (Å²) in [5, 5.41) is 3.84. The van der Waals surface area contributed by atoms with Crippen LogP contribution >= 0.6 is 0 Å². The number of hydrogen-bond acceptors (Lipinski definition) is 7. The van der Waals surface area contributed by atoms with Crippen molar-refractivity contribution in [2.24, 2.45) is 5.10 Å². The van der Waals surface area contributed by atoms with Gasteiger partial charge in [-0.1, -0.05) is 12.1 Å². The lowest BCUT2D eigenvalue weighted by molar-refractivity contribution is -0.119. The van der Waals surface area contributed by atoms with Gasteiger partial charge in [-0.3, -0.25) is 9.10 Å². The van der Waals surface area contributed by atoms with E-state index in [0.29, 0.717) is 23.7 Å². The van der Waals surface area contributed by atoms with Crippen molar-refractivity contribution in [3.8, 4) is 17.2 Å². The van der Waals surface area contributed by atoms with Crippen LogP contribution in [0.5, 0.6) is 17.2 Å². The van der Waals surface area contributed by atoms with E-state index >= 15 is 0 Å². The van der Waals surface area contributed by atoms with Gasteiger partial charge in [-0.05, 0) is 61.0 Å². The molecule has 1 amide bonds. The van der Waals surface area contributed by atoms with Gasteiger partial charge in [0.05, 0.1) is 37.6 Å². The molecule has 36 heavy (non-hydrogen) atoms. The Morgan fingerprint density at radius 1 is 1.00 bits per heavy atom. The Morgan fingerprint density at radius 2 is 1.67 bits per heavy atom. The number of rotatable bonds is 11. The van der Waals surface area contributed by atoms with Gasteiger partial charge in [0.2, 0.25) is 0 Å². The standard InChI is InChI=1S/C25H26FN3O6S/c1-4-35-21-11-9-20(10-12-21)29(17-25(30)28-27-16-18-5-7-19(26)8-6-18)36(31,32)22-13-14-23(33-2)24(15-22)34-3/h5-16H,4,17H2,1-3H3,(H,28,30)/b27-16-. The van der Waals surface area contributed by atoms with Crippen LogP contribution < -0.4 is 23.9 Å².